The van der Waals surface area contributed by atoms with Gasteiger partial charge in [0.05, 0.1) is 16.8 Å². The highest BCUT2D eigenvalue weighted by atomic mass is 127. The Morgan fingerprint density at radius 2 is 1.93 bits per heavy atom. The van der Waals surface area contributed by atoms with Crippen LogP contribution in [0, 0.1) is 3.57 Å². The maximum absolute atomic E-state index is 13.4. The van der Waals surface area contributed by atoms with E-state index in [9.17, 15) is 4.79 Å². The number of carbonyl (C=O) groups excluding carboxylic acids is 1. The van der Waals surface area contributed by atoms with E-state index in [-0.39, 0.29) is 5.91 Å². The van der Waals surface area contributed by atoms with Crippen molar-refractivity contribution in [3.63, 3.8) is 0 Å². The van der Waals surface area contributed by atoms with Gasteiger partial charge in [0.1, 0.15) is 0 Å². The van der Waals surface area contributed by atoms with Crippen LogP contribution in [0.1, 0.15) is 10.4 Å². The summed E-state index contributed by atoms with van der Waals surface area (Å²) in [6.45, 7) is 3.14. The van der Waals surface area contributed by atoms with Crippen molar-refractivity contribution in [3.05, 3.63) is 61.5 Å². The van der Waals surface area contributed by atoms with Gasteiger partial charge in [-0.05, 0) is 65.1 Å². The predicted octanol–water partition coefficient (Wildman–Crippen LogP) is 5.53. The van der Waals surface area contributed by atoms with Crippen LogP contribution in [-0.2, 0) is 0 Å². The van der Waals surface area contributed by atoms with Gasteiger partial charge >= 0.3 is 0 Å². The zero-order chi connectivity index (χ0) is 20.0. The van der Waals surface area contributed by atoms with Crippen molar-refractivity contribution in [1.29, 1.82) is 0 Å². The highest BCUT2D eigenvalue weighted by Crippen LogP contribution is 2.36. The van der Waals surface area contributed by atoms with Crippen LogP contribution in [0.2, 0.25) is 0 Å². The molecule has 5 rings (SSSR count). The summed E-state index contributed by atoms with van der Waals surface area (Å²) in [5.74, 6) is 0.0860. The average Bonchev–Trinajstić information content (AvgIpc) is 3.16. The number of benzene rings is 2. The van der Waals surface area contributed by atoms with Crippen LogP contribution < -0.4 is 5.32 Å². The molecule has 0 unspecified atom stereocenters. The molecule has 1 amide bonds. The number of amides is 1. The number of piperazine rings is 1. The van der Waals surface area contributed by atoms with E-state index in [1.165, 1.54) is 4.70 Å². The summed E-state index contributed by atoms with van der Waals surface area (Å²) >= 11 is 7.57. The summed E-state index contributed by atoms with van der Waals surface area (Å²) in [6, 6.07) is 14.4. The molecule has 1 saturated heterocycles. The number of rotatable bonds is 2. The third-order valence-electron chi connectivity index (χ3n) is 5.22. The average molecular weight is 578 g/mol. The second kappa shape index (κ2) is 7.94. The van der Waals surface area contributed by atoms with Crippen LogP contribution in [0.3, 0.4) is 0 Å². The molecule has 1 aliphatic heterocycles. The van der Waals surface area contributed by atoms with E-state index < -0.39 is 0 Å². The number of halogens is 2. The standard InChI is InChI=1S/C22H17BrIN3OS/c23-13-1-4-21-16(9-13)18(12-29-21)20-11-17(22(28)27-7-5-25-6-8-27)15-10-14(24)2-3-19(15)26-20/h1-4,9-12,25H,5-8H2. The number of fused-ring (bicyclic) bond motifs is 2. The number of nitrogens with one attached hydrogen (secondary N) is 1. The molecule has 4 nitrogen and oxygen atoms in total. The van der Waals surface area contributed by atoms with Gasteiger partial charge in [0.15, 0.2) is 0 Å². The van der Waals surface area contributed by atoms with Gasteiger partial charge in [-0.2, -0.15) is 0 Å². The Morgan fingerprint density at radius 3 is 2.76 bits per heavy atom. The van der Waals surface area contributed by atoms with Gasteiger partial charge < -0.3 is 10.2 Å². The van der Waals surface area contributed by atoms with Crippen molar-refractivity contribution in [2.75, 3.05) is 26.2 Å². The number of carbonyl (C=O) groups is 1. The van der Waals surface area contributed by atoms with Crippen LogP contribution in [0.25, 0.3) is 32.2 Å². The van der Waals surface area contributed by atoms with E-state index in [1.807, 2.05) is 23.1 Å². The van der Waals surface area contributed by atoms with Crippen LogP contribution in [0.5, 0.6) is 0 Å². The monoisotopic (exact) mass is 577 g/mol. The van der Waals surface area contributed by atoms with Gasteiger partial charge in [-0.1, -0.05) is 15.9 Å². The lowest BCUT2D eigenvalue weighted by Crippen LogP contribution is -2.46. The first-order valence-electron chi connectivity index (χ1n) is 9.37. The topological polar surface area (TPSA) is 45.2 Å². The van der Waals surface area contributed by atoms with Gasteiger partial charge in [0.2, 0.25) is 0 Å². The number of hydrogen-bond donors (Lipinski definition) is 1. The largest absolute Gasteiger partial charge is 0.336 e. The molecule has 0 spiro atoms. The second-order valence-corrected chi connectivity index (χ2v) is 10.1. The number of pyridine rings is 1. The lowest BCUT2D eigenvalue weighted by atomic mass is 10.0. The zero-order valence-corrected chi connectivity index (χ0v) is 20.0. The molecule has 0 radical (unpaired) electrons. The number of nitrogens with zero attached hydrogens (tertiary/aromatic N) is 2. The van der Waals surface area contributed by atoms with E-state index in [0.717, 1.165) is 67.3 Å². The van der Waals surface area contributed by atoms with Crippen LogP contribution >= 0.6 is 49.9 Å². The van der Waals surface area contributed by atoms with E-state index in [2.05, 4.69) is 73.5 Å². The van der Waals surface area contributed by atoms with E-state index in [0.29, 0.717) is 0 Å². The van der Waals surface area contributed by atoms with Gasteiger partial charge in [-0.25, -0.2) is 4.98 Å². The highest BCUT2D eigenvalue weighted by Gasteiger charge is 2.22. The summed E-state index contributed by atoms with van der Waals surface area (Å²) < 4.78 is 3.35. The number of thiophene rings is 1. The van der Waals surface area contributed by atoms with Gasteiger partial charge in [0.25, 0.3) is 5.91 Å². The normalized spacial score (nSPS) is 14.6. The maximum Gasteiger partial charge on any atom is 0.254 e. The van der Waals surface area contributed by atoms with Crippen LogP contribution in [-0.4, -0.2) is 42.0 Å². The number of aromatic nitrogens is 1. The molecule has 1 aliphatic rings. The SMILES string of the molecule is O=C(c1cc(-c2csc3ccc(Br)cc23)nc2ccc(I)cc12)N1CCNCC1. The molecular weight excluding hydrogens is 561 g/mol. The minimum absolute atomic E-state index is 0.0860. The first-order chi connectivity index (χ1) is 14.1. The van der Waals surface area contributed by atoms with Crippen LogP contribution in [0.15, 0.2) is 52.3 Å². The van der Waals surface area contributed by atoms with E-state index >= 15 is 0 Å². The van der Waals surface area contributed by atoms with Gasteiger partial charge in [-0.15, -0.1) is 11.3 Å². The van der Waals surface area contributed by atoms with Crippen LogP contribution in [0.4, 0.5) is 0 Å². The van der Waals surface area contributed by atoms with Crippen molar-refractivity contribution < 1.29 is 4.79 Å². The summed E-state index contributed by atoms with van der Waals surface area (Å²) in [5.41, 5.74) is 3.51. The fourth-order valence-corrected chi connectivity index (χ4v) is 5.54. The third kappa shape index (κ3) is 3.69. The second-order valence-electron chi connectivity index (χ2n) is 7.05. The van der Waals surface area contributed by atoms with Crippen molar-refractivity contribution >= 4 is 76.8 Å². The van der Waals surface area contributed by atoms with E-state index in [4.69, 9.17) is 4.98 Å². The Hall–Kier alpha value is -1.55. The van der Waals surface area contributed by atoms with Gasteiger partial charge in [0, 0.05) is 60.6 Å². The Kier molecular flexibility index (Phi) is 5.32. The Morgan fingerprint density at radius 1 is 1.10 bits per heavy atom. The highest BCUT2D eigenvalue weighted by molar-refractivity contribution is 14.1. The van der Waals surface area contributed by atoms with Crippen molar-refractivity contribution in [2.24, 2.45) is 0 Å². The van der Waals surface area contributed by atoms with Gasteiger partial charge in [-0.3, -0.25) is 4.79 Å². The minimum atomic E-state index is 0.0860. The molecule has 7 heteroatoms. The third-order valence-corrected chi connectivity index (χ3v) is 7.34. The molecular formula is C22H17BrIN3OS. The molecule has 29 heavy (non-hydrogen) atoms. The smallest absolute Gasteiger partial charge is 0.254 e. The Balaban J connectivity index is 1.71. The molecule has 0 aliphatic carbocycles. The van der Waals surface area contributed by atoms with Crippen molar-refractivity contribution in [1.82, 2.24) is 15.2 Å². The lowest BCUT2D eigenvalue weighted by Gasteiger charge is -2.28. The molecule has 4 aromatic rings. The molecule has 1 fully saturated rings. The Bertz CT molecular complexity index is 1250. The van der Waals surface area contributed by atoms with Crippen molar-refractivity contribution in [2.45, 2.75) is 0 Å². The van der Waals surface area contributed by atoms with Crippen molar-refractivity contribution in [3.8, 4) is 11.3 Å². The number of hydrogen-bond acceptors (Lipinski definition) is 4. The molecule has 0 saturated carbocycles. The summed E-state index contributed by atoms with van der Waals surface area (Å²) in [4.78, 5) is 20.3. The summed E-state index contributed by atoms with van der Waals surface area (Å²) in [5, 5.41) is 7.53. The minimum Gasteiger partial charge on any atom is -0.336 e. The fourth-order valence-electron chi connectivity index (χ4n) is 3.75. The first kappa shape index (κ1) is 19.4. The summed E-state index contributed by atoms with van der Waals surface area (Å²) in [7, 11) is 0. The predicted molar refractivity (Wildman–Crippen MR) is 132 cm³/mol. The van der Waals surface area contributed by atoms with E-state index in [1.54, 1.807) is 11.3 Å². The summed E-state index contributed by atoms with van der Waals surface area (Å²) in [6.07, 6.45) is 0. The molecule has 3 heterocycles. The quantitative estimate of drug-likeness (QED) is 0.319. The molecule has 2 aromatic heterocycles. The maximum atomic E-state index is 13.4. The molecule has 1 N–H and O–H groups in total. The lowest BCUT2D eigenvalue weighted by molar-refractivity contribution is 0.0738. The Labute approximate surface area is 194 Å². The molecule has 0 bridgehead atoms. The molecule has 146 valence electrons. The first-order valence-corrected chi connectivity index (χ1v) is 12.1. The fraction of sp³-hybridized carbons (Fsp3) is 0.182. The zero-order valence-electron chi connectivity index (χ0n) is 15.4. The molecule has 0 atom stereocenters. The molecule has 2 aromatic carbocycles.